The van der Waals surface area contributed by atoms with E-state index in [9.17, 15) is 13.2 Å². The van der Waals surface area contributed by atoms with E-state index in [1.54, 1.807) is 6.07 Å². The van der Waals surface area contributed by atoms with Crippen molar-refractivity contribution in [2.24, 2.45) is 0 Å². The van der Waals surface area contributed by atoms with Crippen LogP contribution >= 0.6 is 23.4 Å². The molecule has 0 N–H and O–H groups in total. The first-order valence-electron chi connectivity index (χ1n) is 5.44. The molecular weight excluding hydrogens is 267 g/mol. The van der Waals surface area contributed by atoms with E-state index in [1.807, 2.05) is 19.8 Å². The van der Waals surface area contributed by atoms with Gasteiger partial charge in [0.15, 0.2) is 7.28 Å². The second-order valence-corrected chi connectivity index (χ2v) is 5.20. The highest BCUT2D eigenvalue weighted by Gasteiger charge is 2.30. The van der Waals surface area contributed by atoms with Gasteiger partial charge in [-0.15, -0.1) is 0 Å². The molecule has 0 aromatic heterocycles. The normalized spacial score (nSPS) is 11.6. The molecular formula is C11H13BClF3S. The molecule has 6 heteroatoms. The molecule has 0 radical (unpaired) electrons. The van der Waals surface area contributed by atoms with Gasteiger partial charge in [0.1, 0.15) is 0 Å². The summed E-state index contributed by atoms with van der Waals surface area (Å²) in [6.07, 6.45) is 1.68. The molecule has 17 heavy (non-hydrogen) atoms. The van der Waals surface area contributed by atoms with Gasteiger partial charge in [-0.1, -0.05) is 43.3 Å². The van der Waals surface area contributed by atoms with E-state index in [-0.39, 0.29) is 21.7 Å². The summed E-state index contributed by atoms with van der Waals surface area (Å²) in [7, 11) is 0.641. The lowest BCUT2D eigenvalue weighted by Gasteiger charge is -2.12. The Morgan fingerprint density at radius 1 is 1.35 bits per heavy atom. The highest BCUT2D eigenvalue weighted by atomic mass is 35.5. The van der Waals surface area contributed by atoms with Gasteiger partial charge in [-0.2, -0.15) is 13.2 Å². The summed E-state index contributed by atoms with van der Waals surface area (Å²) in [5.41, 5.74) is -2.59. The van der Waals surface area contributed by atoms with Crippen LogP contribution in [0.15, 0.2) is 17.0 Å². The van der Waals surface area contributed by atoms with Crippen molar-refractivity contribution in [2.45, 2.75) is 37.0 Å². The van der Waals surface area contributed by atoms with E-state index in [1.165, 1.54) is 0 Å². The van der Waals surface area contributed by atoms with Crippen LogP contribution in [-0.4, -0.2) is 12.8 Å². The molecule has 0 fully saturated rings. The van der Waals surface area contributed by atoms with Crippen molar-refractivity contribution >= 4 is 36.1 Å². The van der Waals surface area contributed by atoms with Gasteiger partial charge in [0.2, 0.25) is 0 Å². The number of halogens is 4. The average Bonchev–Trinajstić information content (AvgIpc) is 2.21. The van der Waals surface area contributed by atoms with E-state index in [0.717, 1.165) is 23.9 Å². The summed E-state index contributed by atoms with van der Waals surface area (Å²) in [5, 5.41) is 0.231. The summed E-state index contributed by atoms with van der Waals surface area (Å²) in [6, 6.07) is 3.44. The van der Waals surface area contributed by atoms with Crippen LogP contribution < -0.4 is 5.46 Å². The SMILES string of the molecule is CBc1cc(CCC)cc(SC(F)(F)F)c1Cl. The predicted octanol–water partition coefficient (Wildman–Crippen LogP) is 4.01. The predicted molar refractivity (Wildman–Crippen MR) is 70.0 cm³/mol. The second-order valence-electron chi connectivity index (χ2n) is 3.72. The minimum atomic E-state index is -4.29. The standard InChI is InChI=1S/C11H13BClF3S/c1-3-4-7-5-8(12-2)10(13)9(6-7)17-11(14,15)16/h5-6,12H,3-4H2,1-2H3. The Balaban J connectivity index is 3.13. The van der Waals surface area contributed by atoms with Crippen LogP contribution in [0.4, 0.5) is 13.2 Å². The maximum atomic E-state index is 12.4. The third-order valence-electron chi connectivity index (χ3n) is 2.32. The molecule has 0 spiro atoms. The average molecular weight is 281 g/mol. The van der Waals surface area contributed by atoms with Crippen LogP contribution in [0.3, 0.4) is 0 Å². The fraction of sp³-hybridized carbons (Fsp3) is 0.455. The summed E-state index contributed by atoms with van der Waals surface area (Å²) < 4.78 is 37.1. The molecule has 0 saturated carbocycles. The molecule has 0 aliphatic heterocycles. The lowest BCUT2D eigenvalue weighted by molar-refractivity contribution is -0.0328. The van der Waals surface area contributed by atoms with Crippen molar-refractivity contribution in [3.8, 4) is 0 Å². The quantitative estimate of drug-likeness (QED) is 0.593. The number of rotatable bonds is 4. The third kappa shape index (κ3) is 4.47. The van der Waals surface area contributed by atoms with E-state index < -0.39 is 5.51 Å². The molecule has 1 aromatic rings. The van der Waals surface area contributed by atoms with Gasteiger partial charge in [-0.05, 0) is 29.8 Å². The Labute approximate surface area is 109 Å². The van der Waals surface area contributed by atoms with Crippen molar-refractivity contribution in [1.29, 1.82) is 0 Å². The van der Waals surface area contributed by atoms with E-state index >= 15 is 0 Å². The lowest BCUT2D eigenvalue weighted by Crippen LogP contribution is -2.15. The number of benzene rings is 1. The van der Waals surface area contributed by atoms with Gasteiger partial charge in [0.25, 0.3) is 0 Å². The van der Waals surface area contributed by atoms with Crippen molar-refractivity contribution < 1.29 is 13.2 Å². The molecule has 0 amide bonds. The highest BCUT2D eigenvalue weighted by molar-refractivity contribution is 8.00. The molecule has 94 valence electrons. The number of hydrogen-bond acceptors (Lipinski definition) is 1. The van der Waals surface area contributed by atoms with Gasteiger partial charge >= 0.3 is 5.51 Å². The number of alkyl halides is 3. The molecule has 0 aliphatic carbocycles. The van der Waals surface area contributed by atoms with E-state index in [2.05, 4.69) is 0 Å². The van der Waals surface area contributed by atoms with Gasteiger partial charge in [0, 0.05) is 9.92 Å². The number of aryl methyl sites for hydroxylation is 1. The van der Waals surface area contributed by atoms with Crippen LogP contribution in [0.1, 0.15) is 18.9 Å². The van der Waals surface area contributed by atoms with Crippen LogP contribution in [0, 0.1) is 0 Å². The molecule has 0 unspecified atom stereocenters. The first-order valence-corrected chi connectivity index (χ1v) is 6.63. The van der Waals surface area contributed by atoms with Crippen molar-refractivity contribution in [3.05, 3.63) is 22.7 Å². The maximum absolute atomic E-state index is 12.4. The Morgan fingerprint density at radius 3 is 2.47 bits per heavy atom. The Hall–Kier alpha value is -0.285. The van der Waals surface area contributed by atoms with Crippen LogP contribution in [-0.2, 0) is 6.42 Å². The van der Waals surface area contributed by atoms with Crippen LogP contribution in [0.2, 0.25) is 11.8 Å². The fourth-order valence-electron chi connectivity index (χ4n) is 1.61. The molecule has 1 rings (SSSR count). The second kappa shape index (κ2) is 6.05. The number of hydrogen-bond donors (Lipinski definition) is 0. The van der Waals surface area contributed by atoms with Gasteiger partial charge in [-0.3, -0.25) is 0 Å². The Morgan fingerprint density at radius 2 is 2.00 bits per heavy atom. The fourth-order valence-corrected chi connectivity index (χ4v) is 2.65. The van der Waals surface area contributed by atoms with Crippen LogP contribution in [0.5, 0.6) is 0 Å². The highest BCUT2D eigenvalue weighted by Crippen LogP contribution is 2.40. The lowest BCUT2D eigenvalue weighted by atomic mass is 9.72. The zero-order valence-electron chi connectivity index (χ0n) is 9.70. The van der Waals surface area contributed by atoms with Gasteiger partial charge < -0.3 is 0 Å². The van der Waals surface area contributed by atoms with E-state index in [0.29, 0.717) is 7.28 Å². The summed E-state index contributed by atoms with van der Waals surface area (Å²) >= 11 is 5.83. The first-order chi connectivity index (χ1) is 7.87. The van der Waals surface area contributed by atoms with Gasteiger partial charge in [0.05, 0.1) is 0 Å². The van der Waals surface area contributed by atoms with Crippen LogP contribution in [0.25, 0.3) is 0 Å². The largest absolute Gasteiger partial charge is 0.446 e. The molecule has 0 bridgehead atoms. The zero-order chi connectivity index (χ0) is 13.1. The first kappa shape index (κ1) is 14.8. The molecule has 0 heterocycles. The monoisotopic (exact) mass is 280 g/mol. The molecule has 0 nitrogen and oxygen atoms in total. The zero-order valence-corrected chi connectivity index (χ0v) is 11.3. The molecule has 0 saturated heterocycles. The maximum Gasteiger partial charge on any atom is 0.446 e. The van der Waals surface area contributed by atoms with E-state index in [4.69, 9.17) is 11.6 Å². The smallest absolute Gasteiger partial charge is 0.160 e. The minimum Gasteiger partial charge on any atom is -0.160 e. The Kier molecular flexibility index (Phi) is 5.26. The summed E-state index contributed by atoms with van der Waals surface area (Å²) in [4.78, 5) is 0.113. The van der Waals surface area contributed by atoms with Gasteiger partial charge in [-0.25, -0.2) is 0 Å². The van der Waals surface area contributed by atoms with Crippen molar-refractivity contribution in [2.75, 3.05) is 0 Å². The summed E-state index contributed by atoms with van der Waals surface area (Å²) in [5.74, 6) is 0. The molecule has 0 aliphatic rings. The minimum absolute atomic E-state index is 0.113. The van der Waals surface area contributed by atoms with Crippen molar-refractivity contribution in [1.82, 2.24) is 0 Å². The third-order valence-corrected chi connectivity index (χ3v) is 3.65. The molecule has 1 aromatic carbocycles. The summed E-state index contributed by atoms with van der Waals surface area (Å²) in [6.45, 7) is 3.88. The van der Waals surface area contributed by atoms with Crippen molar-refractivity contribution in [3.63, 3.8) is 0 Å². The molecule has 0 atom stereocenters. The topological polar surface area (TPSA) is 0 Å². The number of thioether (sulfide) groups is 1. The Bertz CT molecular complexity index is 393.